The van der Waals surface area contributed by atoms with Crippen molar-refractivity contribution >= 4 is 35.2 Å². The second-order valence-corrected chi connectivity index (χ2v) is 9.84. The summed E-state index contributed by atoms with van der Waals surface area (Å²) in [7, 11) is 0. The van der Waals surface area contributed by atoms with Crippen molar-refractivity contribution in [3.63, 3.8) is 0 Å². The van der Waals surface area contributed by atoms with E-state index in [0.29, 0.717) is 67.4 Å². The van der Waals surface area contributed by atoms with E-state index in [1.165, 1.54) is 6.20 Å². The van der Waals surface area contributed by atoms with Gasteiger partial charge >= 0.3 is 0 Å². The minimum Gasteiger partial charge on any atom is -0.506 e. The van der Waals surface area contributed by atoms with E-state index in [4.69, 9.17) is 5.11 Å². The van der Waals surface area contributed by atoms with Crippen LogP contribution in [0.1, 0.15) is 58.5 Å². The van der Waals surface area contributed by atoms with Crippen LogP contribution in [-0.2, 0) is 33.6 Å². The third-order valence-electron chi connectivity index (χ3n) is 6.98. The van der Waals surface area contributed by atoms with Crippen LogP contribution in [0.4, 0.5) is 17.5 Å². The van der Waals surface area contributed by atoms with E-state index < -0.39 is 0 Å². The molecule has 0 saturated heterocycles. The van der Waals surface area contributed by atoms with Gasteiger partial charge in [-0.05, 0) is 69.7 Å². The maximum atomic E-state index is 11.1. The molecule has 0 unspecified atom stereocenters. The highest BCUT2D eigenvalue weighted by atomic mass is 16.3. The quantitative estimate of drug-likeness (QED) is 0.245. The fourth-order valence-electron chi connectivity index (χ4n) is 4.69. The number of hydrogen-bond donors (Lipinski definition) is 6. The average Bonchev–Trinajstić information content (AvgIpc) is 2.91. The molecule has 3 aliphatic heterocycles. The molecule has 0 spiro atoms. The van der Waals surface area contributed by atoms with Gasteiger partial charge in [-0.15, -0.1) is 0 Å². The summed E-state index contributed by atoms with van der Waals surface area (Å²) >= 11 is 0. The molecule has 3 amide bonds. The Balaban J connectivity index is 0.000000139. The molecule has 0 atom stereocenters. The molecule has 0 aromatic carbocycles. The number of amides is 3. The number of pyridine rings is 3. The monoisotopic (exact) mass is 548 g/mol. The van der Waals surface area contributed by atoms with Crippen molar-refractivity contribution < 1.29 is 29.7 Å². The smallest absolute Gasteiger partial charge is 0.225 e. The lowest BCUT2D eigenvalue weighted by Gasteiger charge is -2.19. The van der Waals surface area contributed by atoms with Crippen LogP contribution in [0.25, 0.3) is 0 Å². The van der Waals surface area contributed by atoms with Crippen LogP contribution in [0.3, 0.4) is 0 Å². The molecule has 6 heterocycles. The van der Waals surface area contributed by atoms with Crippen molar-refractivity contribution in [2.75, 3.05) is 16.0 Å². The molecule has 40 heavy (non-hydrogen) atoms. The van der Waals surface area contributed by atoms with E-state index >= 15 is 0 Å². The molecule has 210 valence electrons. The topological polar surface area (TPSA) is 187 Å². The van der Waals surface area contributed by atoms with E-state index in [2.05, 4.69) is 30.9 Å². The van der Waals surface area contributed by atoms with Crippen molar-refractivity contribution in [2.24, 2.45) is 0 Å². The van der Waals surface area contributed by atoms with Gasteiger partial charge in [0.2, 0.25) is 17.7 Å². The number of carbonyl (C=O) groups is 3. The Bertz CT molecular complexity index is 1440. The molecule has 3 aromatic heterocycles. The molecule has 6 N–H and O–H groups in total. The summed E-state index contributed by atoms with van der Waals surface area (Å²) in [6, 6.07) is 1.63. The molecule has 0 aliphatic carbocycles. The first-order valence-electron chi connectivity index (χ1n) is 12.9. The highest BCUT2D eigenvalue weighted by molar-refractivity contribution is 5.94. The molecule has 3 aliphatic rings. The fourth-order valence-corrected chi connectivity index (χ4v) is 4.69. The predicted molar refractivity (Wildman–Crippen MR) is 148 cm³/mol. The van der Waals surface area contributed by atoms with Crippen LogP contribution >= 0.6 is 0 Å². The minimum absolute atomic E-state index is 0.00510. The number of rotatable bonds is 0. The van der Waals surface area contributed by atoms with Crippen molar-refractivity contribution in [1.29, 1.82) is 0 Å². The standard InChI is InChI=1S/2C10H12N2O2.C8H8N2O2/c2*1-5-7-3-4-8(13)12-10(7)11-6(2)9(5)14;11-6-3-5-1-2-7(12)10-8(5)9-4-6/h2*14H,3-4H2,1-2H3,(H,11,12,13);3-4,11H,1-2H2,(H,9,10,12). The van der Waals surface area contributed by atoms with Gasteiger partial charge in [-0.2, -0.15) is 0 Å². The number of aryl methyl sites for hydroxylation is 3. The first-order valence-corrected chi connectivity index (χ1v) is 12.9. The molecule has 0 fully saturated rings. The summed E-state index contributed by atoms with van der Waals surface area (Å²) in [6.07, 6.45) is 4.71. The number of nitrogens with one attached hydrogen (secondary N) is 3. The number of fused-ring (bicyclic) bond motifs is 3. The van der Waals surface area contributed by atoms with Gasteiger partial charge < -0.3 is 31.3 Å². The van der Waals surface area contributed by atoms with Gasteiger partial charge in [-0.1, -0.05) is 0 Å². The van der Waals surface area contributed by atoms with Gasteiger partial charge in [0.1, 0.15) is 34.7 Å². The molecular weight excluding hydrogens is 516 g/mol. The summed E-state index contributed by atoms with van der Waals surface area (Å²) in [4.78, 5) is 45.3. The lowest BCUT2D eigenvalue weighted by Crippen LogP contribution is -2.21. The lowest BCUT2D eigenvalue weighted by atomic mass is 10.0. The van der Waals surface area contributed by atoms with E-state index in [1.54, 1.807) is 19.9 Å². The summed E-state index contributed by atoms with van der Waals surface area (Å²) in [5.74, 6) is 2.38. The van der Waals surface area contributed by atoms with Gasteiger partial charge in [0.05, 0.1) is 17.6 Å². The molecule has 0 radical (unpaired) electrons. The lowest BCUT2D eigenvalue weighted by molar-refractivity contribution is -0.117. The number of carbonyl (C=O) groups excluding carboxylic acids is 3. The normalized spacial score (nSPS) is 14.9. The SMILES string of the molecule is Cc1nc2c(c(C)c1O)CCC(=O)N2.Cc1nc2c(c(C)c1O)CCC(=O)N2.O=C1CCc2cc(O)cnc2N1. The first kappa shape index (κ1) is 28.3. The molecular formula is C28H32N6O6. The van der Waals surface area contributed by atoms with Crippen LogP contribution in [-0.4, -0.2) is 48.0 Å². The van der Waals surface area contributed by atoms with E-state index in [0.717, 1.165) is 27.8 Å². The van der Waals surface area contributed by atoms with Crippen LogP contribution in [0, 0.1) is 27.7 Å². The van der Waals surface area contributed by atoms with Gasteiger partial charge in [-0.25, -0.2) is 15.0 Å². The average molecular weight is 549 g/mol. The number of hydrogen-bond acceptors (Lipinski definition) is 9. The Hall–Kier alpha value is -4.74. The highest BCUT2D eigenvalue weighted by Crippen LogP contribution is 2.32. The van der Waals surface area contributed by atoms with E-state index in [1.807, 2.05) is 13.8 Å². The molecule has 0 bridgehead atoms. The van der Waals surface area contributed by atoms with E-state index in [-0.39, 0.29) is 35.0 Å². The number of anilines is 3. The molecule has 12 nitrogen and oxygen atoms in total. The third-order valence-corrected chi connectivity index (χ3v) is 6.98. The van der Waals surface area contributed by atoms with Crippen LogP contribution in [0.2, 0.25) is 0 Å². The third kappa shape index (κ3) is 6.11. The Morgan fingerprint density at radius 1 is 0.625 bits per heavy atom. The zero-order valence-electron chi connectivity index (χ0n) is 22.8. The van der Waals surface area contributed by atoms with Crippen LogP contribution in [0.15, 0.2) is 12.3 Å². The van der Waals surface area contributed by atoms with Gasteiger partial charge in [0.15, 0.2) is 0 Å². The number of aromatic hydroxyl groups is 3. The van der Waals surface area contributed by atoms with E-state index in [9.17, 15) is 24.6 Å². The second-order valence-electron chi connectivity index (χ2n) is 9.84. The van der Waals surface area contributed by atoms with Crippen molar-refractivity contribution in [1.82, 2.24) is 15.0 Å². The van der Waals surface area contributed by atoms with Gasteiger partial charge in [0.25, 0.3) is 0 Å². The minimum atomic E-state index is -0.0133. The van der Waals surface area contributed by atoms with Crippen LogP contribution in [0.5, 0.6) is 17.2 Å². The maximum Gasteiger partial charge on any atom is 0.225 e. The Labute approximate surface area is 230 Å². The largest absolute Gasteiger partial charge is 0.506 e. The van der Waals surface area contributed by atoms with Crippen molar-refractivity contribution in [3.05, 3.63) is 51.5 Å². The molecule has 6 rings (SSSR count). The Morgan fingerprint density at radius 3 is 1.52 bits per heavy atom. The Kier molecular flexibility index (Phi) is 8.17. The molecule has 12 heteroatoms. The zero-order chi connectivity index (χ0) is 29.1. The summed E-state index contributed by atoms with van der Waals surface area (Å²) in [5.41, 5.74) is 5.57. The number of nitrogens with zero attached hydrogens (tertiary/aromatic N) is 3. The van der Waals surface area contributed by atoms with Crippen LogP contribution < -0.4 is 16.0 Å². The summed E-state index contributed by atoms with van der Waals surface area (Å²) in [5, 5.41) is 36.4. The highest BCUT2D eigenvalue weighted by Gasteiger charge is 2.22. The predicted octanol–water partition coefficient (Wildman–Crippen LogP) is 3.25. The molecule has 0 saturated carbocycles. The van der Waals surface area contributed by atoms with Crippen molar-refractivity contribution in [3.8, 4) is 17.2 Å². The number of aromatic nitrogens is 3. The summed E-state index contributed by atoms with van der Waals surface area (Å²) < 4.78 is 0. The second kappa shape index (κ2) is 11.6. The molecule has 3 aromatic rings. The van der Waals surface area contributed by atoms with Gasteiger partial charge in [-0.3, -0.25) is 14.4 Å². The van der Waals surface area contributed by atoms with Gasteiger partial charge in [0, 0.05) is 30.4 Å². The Morgan fingerprint density at radius 2 is 1.05 bits per heavy atom. The first-order chi connectivity index (χ1) is 18.9. The zero-order valence-corrected chi connectivity index (χ0v) is 22.8. The van der Waals surface area contributed by atoms with Crippen molar-refractivity contribution in [2.45, 2.75) is 66.2 Å². The fraction of sp³-hybridized carbons (Fsp3) is 0.357. The maximum absolute atomic E-state index is 11.1. The summed E-state index contributed by atoms with van der Waals surface area (Å²) in [6.45, 7) is 7.15.